The average molecular weight is 459 g/mol. The fraction of sp³-hybridized carbons (Fsp3) is 0.0938. The normalized spacial score (nSPS) is 13.5. The lowest BCUT2D eigenvalue weighted by atomic mass is 9.45. The summed E-state index contributed by atoms with van der Waals surface area (Å²) in [5, 5.41) is 5.23. The van der Waals surface area contributed by atoms with Crippen LogP contribution >= 0.6 is 0 Å². The summed E-state index contributed by atoms with van der Waals surface area (Å²) in [7, 11) is 0. The van der Waals surface area contributed by atoms with E-state index in [9.17, 15) is 0 Å². The molecule has 0 saturated heterocycles. The van der Waals surface area contributed by atoms with Gasteiger partial charge in [-0.2, -0.15) is 0 Å². The number of hydrogen-bond donors (Lipinski definition) is 0. The van der Waals surface area contributed by atoms with Gasteiger partial charge in [-0.25, -0.2) is 0 Å². The maximum atomic E-state index is 5.08. The first-order valence-corrected chi connectivity index (χ1v) is 12.8. The van der Waals surface area contributed by atoms with Crippen LogP contribution in [0.3, 0.4) is 0 Å². The molecule has 2 aliphatic rings. The van der Waals surface area contributed by atoms with Crippen LogP contribution in [-0.2, 0) is 0 Å². The number of rotatable bonds is 1. The second-order valence-corrected chi connectivity index (χ2v) is 10.6. The van der Waals surface area contributed by atoms with Gasteiger partial charge in [0.1, 0.15) is 0 Å². The molecular weight excluding hydrogens is 437 g/mol. The first kappa shape index (κ1) is 19.0. The van der Waals surface area contributed by atoms with Gasteiger partial charge in [0, 0.05) is 44.5 Å². The van der Waals surface area contributed by atoms with Crippen LogP contribution in [-0.4, -0.2) is 20.9 Å². The first-order valence-electron chi connectivity index (χ1n) is 12.8. The lowest BCUT2D eigenvalue weighted by Gasteiger charge is -2.35. The lowest BCUT2D eigenvalue weighted by Crippen LogP contribution is -2.55. The van der Waals surface area contributed by atoms with Crippen molar-refractivity contribution in [3.63, 3.8) is 0 Å². The summed E-state index contributed by atoms with van der Waals surface area (Å²) in [5.41, 5.74) is 13.0. The molecule has 0 bridgehead atoms. The van der Waals surface area contributed by atoms with Crippen molar-refractivity contribution in [1.82, 2.24) is 14.0 Å². The highest BCUT2D eigenvalue weighted by Gasteiger charge is 2.42. The highest BCUT2D eigenvalue weighted by atomic mass is 15.0. The molecule has 2 aliphatic heterocycles. The summed E-state index contributed by atoms with van der Waals surface area (Å²) in [4.78, 5) is 5.08. The number of benzene rings is 4. The van der Waals surface area contributed by atoms with E-state index in [1.807, 2.05) is 6.20 Å². The highest BCUT2D eigenvalue weighted by Crippen LogP contribution is 2.43. The number of fused-ring (bicyclic) bond motifs is 10. The standard InChI is InChI=1S/C32H22BN3/c1-18(2)19-14-15-27-29-28(19)30-32-23(16-17-34-30)21-9-4-6-13-26(21)36(32)33(29)24-11-7-10-22-20-8-3-5-12-25(20)35(27)31(22)24/h3-18H,1-2H3. The van der Waals surface area contributed by atoms with Gasteiger partial charge in [-0.3, -0.25) is 4.98 Å². The Morgan fingerprint density at radius 2 is 1.42 bits per heavy atom. The largest absolute Gasteiger partial charge is 0.374 e. The van der Waals surface area contributed by atoms with E-state index in [0.717, 1.165) is 5.69 Å². The number of nitrogens with zero attached hydrogens (tertiary/aromatic N) is 3. The molecule has 0 spiro atoms. The third kappa shape index (κ3) is 2.00. The molecule has 0 aliphatic carbocycles. The summed E-state index contributed by atoms with van der Waals surface area (Å²) in [5.74, 6) is 0.400. The molecule has 0 amide bonds. The Hall–Kier alpha value is -4.31. The summed E-state index contributed by atoms with van der Waals surface area (Å²) < 4.78 is 5.09. The minimum atomic E-state index is 0.105. The van der Waals surface area contributed by atoms with E-state index in [0.29, 0.717) is 5.92 Å². The fourth-order valence-corrected chi connectivity index (χ4v) is 7.18. The smallest absolute Gasteiger partial charge is 0.333 e. The van der Waals surface area contributed by atoms with Crippen molar-refractivity contribution in [2.24, 2.45) is 0 Å². The minimum absolute atomic E-state index is 0.105. The number of hydrogen-bond acceptors (Lipinski definition) is 1. The Bertz CT molecular complexity index is 2090. The number of aromatic nitrogens is 3. The molecule has 3 nitrogen and oxygen atoms in total. The van der Waals surface area contributed by atoms with Crippen molar-refractivity contribution in [3.05, 3.63) is 96.7 Å². The van der Waals surface area contributed by atoms with Crippen LogP contribution in [0.25, 0.3) is 60.6 Å². The maximum absolute atomic E-state index is 5.08. The van der Waals surface area contributed by atoms with Crippen LogP contribution < -0.4 is 10.9 Å². The highest BCUT2D eigenvalue weighted by molar-refractivity contribution is 6.90. The Labute approximate surface area is 208 Å². The molecule has 0 unspecified atom stereocenters. The topological polar surface area (TPSA) is 22.8 Å². The number of pyridine rings is 1. The van der Waals surface area contributed by atoms with Crippen LogP contribution in [0.4, 0.5) is 0 Å². The minimum Gasteiger partial charge on any atom is -0.374 e. The first-order chi connectivity index (χ1) is 17.7. The van der Waals surface area contributed by atoms with Crippen LogP contribution in [0.5, 0.6) is 0 Å². The molecule has 4 aromatic carbocycles. The molecule has 0 atom stereocenters. The van der Waals surface area contributed by atoms with E-state index >= 15 is 0 Å². The van der Waals surface area contributed by atoms with Gasteiger partial charge in [-0.15, -0.1) is 0 Å². The molecular formula is C32H22BN3. The zero-order valence-electron chi connectivity index (χ0n) is 20.2. The molecule has 168 valence electrons. The maximum Gasteiger partial charge on any atom is 0.333 e. The molecule has 3 aromatic heterocycles. The average Bonchev–Trinajstić information content (AvgIpc) is 3.43. The molecule has 0 fully saturated rings. The SMILES string of the molecule is CC(C)c1ccc2c3c1-c1nccc4c5ccccc5n(c14)B3c1cccc3c4ccccc4n-2c13. The van der Waals surface area contributed by atoms with Crippen LogP contribution in [0.2, 0.25) is 0 Å². The van der Waals surface area contributed by atoms with Crippen LogP contribution in [0.1, 0.15) is 25.3 Å². The Balaban J connectivity index is 1.60. The van der Waals surface area contributed by atoms with Crippen molar-refractivity contribution in [2.45, 2.75) is 19.8 Å². The van der Waals surface area contributed by atoms with Gasteiger partial charge in [-0.05, 0) is 46.7 Å². The fourth-order valence-electron chi connectivity index (χ4n) is 7.18. The van der Waals surface area contributed by atoms with Gasteiger partial charge in [0.05, 0.1) is 22.2 Å². The summed E-state index contributed by atoms with van der Waals surface area (Å²) in [6, 6.07) is 31.5. The van der Waals surface area contributed by atoms with E-state index in [2.05, 4.69) is 108 Å². The van der Waals surface area contributed by atoms with E-state index < -0.39 is 0 Å². The predicted molar refractivity (Wildman–Crippen MR) is 152 cm³/mol. The molecule has 4 heteroatoms. The van der Waals surface area contributed by atoms with Gasteiger partial charge in [0.2, 0.25) is 0 Å². The molecule has 0 N–H and O–H groups in total. The zero-order chi connectivity index (χ0) is 23.7. The van der Waals surface area contributed by atoms with Gasteiger partial charge < -0.3 is 9.05 Å². The van der Waals surface area contributed by atoms with Crippen molar-refractivity contribution in [2.75, 3.05) is 0 Å². The van der Waals surface area contributed by atoms with Crippen molar-refractivity contribution < 1.29 is 0 Å². The molecule has 5 heterocycles. The summed E-state index contributed by atoms with van der Waals surface area (Å²) >= 11 is 0. The lowest BCUT2D eigenvalue weighted by molar-refractivity contribution is 0.868. The quantitative estimate of drug-likeness (QED) is 0.262. The molecule has 7 aromatic rings. The zero-order valence-corrected chi connectivity index (χ0v) is 20.2. The van der Waals surface area contributed by atoms with E-state index in [1.165, 1.54) is 71.4 Å². The van der Waals surface area contributed by atoms with Crippen LogP contribution in [0, 0.1) is 0 Å². The van der Waals surface area contributed by atoms with Gasteiger partial charge in [0.15, 0.2) is 0 Å². The Morgan fingerprint density at radius 3 is 2.25 bits per heavy atom. The summed E-state index contributed by atoms with van der Waals surface area (Å²) in [6.07, 6.45) is 2.00. The molecule has 0 saturated carbocycles. The second kappa shape index (κ2) is 6.27. The summed E-state index contributed by atoms with van der Waals surface area (Å²) in [6.45, 7) is 4.71. The predicted octanol–water partition coefficient (Wildman–Crippen LogP) is 6.36. The monoisotopic (exact) mass is 459 g/mol. The third-order valence-corrected chi connectivity index (χ3v) is 8.53. The Morgan fingerprint density at radius 1 is 0.694 bits per heavy atom. The van der Waals surface area contributed by atoms with Gasteiger partial charge >= 0.3 is 6.85 Å². The van der Waals surface area contributed by atoms with E-state index in [4.69, 9.17) is 4.98 Å². The second-order valence-electron chi connectivity index (χ2n) is 10.6. The van der Waals surface area contributed by atoms with Crippen molar-refractivity contribution in [1.29, 1.82) is 0 Å². The van der Waals surface area contributed by atoms with Crippen molar-refractivity contribution in [3.8, 4) is 16.9 Å². The number of para-hydroxylation sites is 3. The van der Waals surface area contributed by atoms with Crippen molar-refractivity contribution >= 4 is 61.4 Å². The molecule has 9 rings (SSSR count). The third-order valence-electron chi connectivity index (χ3n) is 8.53. The molecule has 36 heavy (non-hydrogen) atoms. The van der Waals surface area contributed by atoms with E-state index in [1.54, 1.807) is 0 Å². The Kier molecular flexibility index (Phi) is 3.30. The molecule has 0 radical (unpaired) electrons. The van der Waals surface area contributed by atoms with Gasteiger partial charge in [0.25, 0.3) is 0 Å². The van der Waals surface area contributed by atoms with Crippen LogP contribution in [0.15, 0.2) is 91.1 Å². The van der Waals surface area contributed by atoms with E-state index in [-0.39, 0.29) is 6.85 Å². The van der Waals surface area contributed by atoms with Gasteiger partial charge in [-0.1, -0.05) is 74.5 Å².